The van der Waals surface area contributed by atoms with Crippen LogP contribution in [-0.2, 0) is 16.0 Å². The normalized spacial score (nSPS) is 21.0. The van der Waals surface area contributed by atoms with Crippen molar-refractivity contribution < 1.29 is 34.1 Å². The molecule has 1 aliphatic rings. The molecule has 0 spiro atoms. The quantitative estimate of drug-likeness (QED) is 0.531. The van der Waals surface area contributed by atoms with E-state index in [1.807, 2.05) is 0 Å². The molecule has 5 N–H and O–H groups in total. The Balaban J connectivity index is 0.000000941. The van der Waals surface area contributed by atoms with Gasteiger partial charge in [0.2, 0.25) is 0 Å². The van der Waals surface area contributed by atoms with E-state index in [0.717, 1.165) is 11.3 Å². The van der Waals surface area contributed by atoms with Gasteiger partial charge in [-0.3, -0.25) is 14.4 Å². The number of halogens is 1. The number of thiazole rings is 1. The Kier molecular flexibility index (Phi) is 7.23. The van der Waals surface area contributed by atoms with Crippen LogP contribution in [0, 0.1) is 11.2 Å². The highest BCUT2D eigenvalue weighted by Crippen LogP contribution is 2.35. The summed E-state index contributed by atoms with van der Waals surface area (Å²) < 4.78 is 13.1. The number of benzene rings is 1. The minimum atomic E-state index is -1.58. The maximum atomic E-state index is 13.1. The van der Waals surface area contributed by atoms with Gasteiger partial charge >= 0.3 is 5.97 Å². The number of aliphatic hydroxyl groups excluding tert-OH is 1. The van der Waals surface area contributed by atoms with E-state index in [0.29, 0.717) is 5.56 Å². The first-order valence-corrected chi connectivity index (χ1v) is 9.35. The molecule has 0 unspecified atom stereocenters. The summed E-state index contributed by atoms with van der Waals surface area (Å²) in [5, 5.41) is 29.0. The van der Waals surface area contributed by atoms with Crippen molar-refractivity contribution in [2.75, 3.05) is 18.8 Å². The molecule has 1 aromatic heterocycles. The van der Waals surface area contributed by atoms with Crippen LogP contribution in [0.15, 0.2) is 29.6 Å². The Morgan fingerprint density at radius 3 is 2.52 bits per heavy atom. The van der Waals surface area contributed by atoms with Gasteiger partial charge in [-0.15, -0.1) is 11.3 Å². The molecule has 9 nitrogen and oxygen atoms in total. The van der Waals surface area contributed by atoms with Gasteiger partial charge in [-0.25, -0.2) is 9.37 Å². The van der Waals surface area contributed by atoms with Gasteiger partial charge in [0.1, 0.15) is 16.9 Å². The van der Waals surface area contributed by atoms with Gasteiger partial charge in [0.15, 0.2) is 5.13 Å². The van der Waals surface area contributed by atoms with Crippen LogP contribution in [0.2, 0.25) is 0 Å². The lowest BCUT2D eigenvalue weighted by atomic mass is 9.72. The number of carboxylic acids is 1. The lowest BCUT2D eigenvalue weighted by Crippen LogP contribution is -2.58. The number of anilines is 1. The number of aliphatic hydroxyl groups is 1. The molecule has 0 bridgehead atoms. The van der Waals surface area contributed by atoms with E-state index >= 15 is 0 Å². The van der Waals surface area contributed by atoms with Crippen LogP contribution in [0.5, 0.6) is 0 Å². The van der Waals surface area contributed by atoms with Gasteiger partial charge in [-0.1, -0.05) is 12.1 Å². The van der Waals surface area contributed by atoms with Gasteiger partial charge in [-0.05, 0) is 30.5 Å². The molecular formula is C18H20FN3O6S. The zero-order chi connectivity index (χ0) is 21.6. The van der Waals surface area contributed by atoms with Crippen LogP contribution >= 0.6 is 11.3 Å². The van der Waals surface area contributed by atoms with Crippen molar-refractivity contribution in [2.24, 2.45) is 5.41 Å². The Hall–Kier alpha value is -3.05. The van der Waals surface area contributed by atoms with E-state index in [1.54, 1.807) is 0 Å². The van der Waals surface area contributed by atoms with E-state index in [1.165, 1.54) is 34.5 Å². The number of hydrogen-bond donors (Lipinski definition) is 4. The molecule has 1 fully saturated rings. The molecule has 1 saturated heterocycles. The highest BCUT2D eigenvalue weighted by Gasteiger charge is 2.50. The zero-order valence-corrected chi connectivity index (χ0v) is 16.0. The molecule has 1 aliphatic heterocycles. The molecule has 2 aromatic rings. The summed E-state index contributed by atoms with van der Waals surface area (Å²) >= 11 is 1.13. The number of aromatic nitrogens is 1. The molecule has 2 atom stereocenters. The molecule has 0 saturated carbocycles. The van der Waals surface area contributed by atoms with Gasteiger partial charge in [-0.2, -0.15) is 0 Å². The van der Waals surface area contributed by atoms with Gasteiger partial charge in [0.25, 0.3) is 12.4 Å². The third-order valence-electron chi connectivity index (χ3n) is 4.67. The summed E-state index contributed by atoms with van der Waals surface area (Å²) in [7, 11) is 0. The van der Waals surface area contributed by atoms with Crippen molar-refractivity contribution in [1.82, 2.24) is 9.88 Å². The first-order valence-electron chi connectivity index (χ1n) is 8.47. The summed E-state index contributed by atoms with van der Waals surface area (Å²) in [6.07, 6.45) is -1.03. The smallest absolute Gasteiger partial charge is 0.314 e. The predicted molar refractivity (Wildman–Crippen MR) is 102 cm³/mol. The standard InChI is InChI=1S/C17H18FN3O4S.CH2O2/c18-11-3-1-10(2-4-11)7-17(15(24)25)9-21(6-5-13(17)22)14(23)12-8-26-16(19)20-12;2-1-3/h1-4,8,13,22H,5-7,9H2,(H2,19,20)(H,24,25);1H,(H,2,3)/t13-,17-;/m1./s1. The average molecular weight is 425 g/mol. The molecule has 0 aliphatic carbocycles. The maximum absolute atomic E-state index is 13.1. The number of carbonyl (C=O) groups is 3. The maximum Gasteiger partial charge on any atom is 0.314 e. The van der Waals surface area contributed by atoms with E-state index < -0.39 is 29.2 Å². The van der Waals surface area contributed by atoms with Crippen LogP contribution in [0.1, 0.15) is 22.5 Å². The fraction of sp³-hybridized carbons (Fsp3) is 0.333. The largest absolute Gasteiger partial charge is 0.483 e. The van der Waals surface area contributed by atoms with Crippen LogP contribution in [0.25, 0.3) is 0 Å². The number of nitrogens with zero attached hydrogens (tertiary/aromatic N) is 2. The summed E-state index contributed by atoms with van der Waals surface area (Å²) in [5.74, 6) is -2.06. The number of rotatable bonds is 4. The lowest BCUT2D eigenvalue weighted by Gasteiger charge is -2.43. The molecule has 1 aromatic carbocycles. The third kappa shape index (κ3) is 5.06. The summed E-state index contributed by atoms with van der Waals surface area (Å²) in [4.78, 5) is 38.4. The number of nitrogens with two attached hydrogens (primary N) is 1. The molecule has 156 valence electrons. The Labute approximate surface area is 169 Å². The first kappa shape index (κ1) is 22.2. The molecule has 0 radical (unpaired) electrons. The number of likely N-dealkylation sites (tertiary alicyclic amines) is 1. The fourth-order valence-corrected chi connectivity index (χ4v) is 3.76. The second-order valence-electron chi connectivity index (χ2n) is 6.47. The first-order chi connectivity index (χ1) is 13.7. The SMILES string of the molecule is Nc1nc(C(=O)N2CC[C@@H](O)[C@](Cc3ccc(F)cc3)(C(=O)O)C2)cs1.O=CO. The number of carbonyl (C=O) groups excluding carboxylic acids is 1. The zero-order valence-electron chi connectivity index (χ0n) is 15.2. The third-order valence-corrected chi connectivity index (χ3v) is 5.34. The second-order valence-corrected chi connectivity index (χ2v) is 7.36. The topological polar surface area (TPSA) is 154 Å². The minimum absolute atomic E-state index is 0.0211. The molecule has 2 heterocycles. The Morgan fingerprint density at radius 1 is 1.38 bits per heavy atom. The Morgan fingerprint density at radius 2 is 2.00 bits per heavy atom. The average Bonchev–Trinajstić information content (AvgIpc) is 3.11. The van der Waals surface area contributed by atoms with Gasteiger partial charge in [0, 0.05) is 18.5 Å². The van der Waals surface area contributed by atoms with Crippen LogP contribution in [0.4, 0.5) is 9.52 Å². The monoisotopic (exact) mass is 425 g/mol. The molecule has 11 heteroatoms. The van der Waals surface area contributed by atoms with Crippen molar-refractivity contribution in [3.8, 4) is 0 Å². The Bertz CT molecular complexity index is 875. The number of piperidine rings is 1. The number of aliphatic carboxylic acids is 1. The predicted octanol–water partition coefficient (Wildman–Crippen LogP) is 1.09. The van der Waals surface area contributed by atoms with E-state index in [9.17, 15) is 24.2 Å². The summed E-state index contributed by atoms with van der Waals surface area (Å²) in [5.41, 5.74) is 4.71. The van der Waals surface area contributed by atoms with Crippen molar-refractivity contribution in [1.29, 1.82) is 0 Å². The summed E-state index contributed by atoms with van der Waals surface area (Å²) in [6.45, 7) is -0.201. The second kappa shape index (κ2) is 9.43. The lowest BCUT2D eigenvalue weighted by molar-refractivity contribution is -0.161. The van der Waals surface area contributed by atoms with Gasteiger partial charge in [0.05, 0.1) is 6.10 Å². The van der Waals surface area contributed by atoms with Crippen molar-refractivity contribution in [3.05, 3.63) is 46.7 Å². The molecule has 3 rings (SSSR count). The number of amides is 1. The van der Waals surface area contributed by atoms with E-state index in [2.05, 4.69) is 4.98 Å². The van der Waals surface area contributed by atoms with Gasteiger partial charge < -0.3 is 26.0 Å². The number of carboxylic acid groups (broad SMARTS) is 2. The molecule has 1 amide bonds. The van der Waals surface area contributed by atoms with Crippen molar-refractivity contribution >= 4 is 34.8 Å². The highest BCUT2D eigenvalue weighted by atomic mass is 32.1. The van der Waals surface area contributed by atoms with Crippen LogP contribution < -0.4 is 5.73 Å². The van der Waals surface area contributed by atoms with E-state index in [-0.39, 0.29) is 43.2 Å². The number of hydrogen-bond acceptors (Lipinski definition) is 7. The van der Waals surface area contributed by atoms with Crippen molar-refractivity contribution in [3.63, 3.8) is 0 Å². The number of nitrogen functional groups attached to an aromatic ring is 1. The molecular weight excluding hydrogens is 405 g/mol. The minimum Gasteiger partial charge on any atom is -0.483 e. The van der Waals surface area contributed by atoms with Crippen LogP contribution in [-0.4, -0.2) is 62.7 Å². The van der Waals surface area contributed by atoms with Crippen LogP contribution in [0.3, 0.4) is 0 Å². The fourth-order valence-electron chi connectivity index (χ4n) is 3.23. The molecule has 29 heavy (non-hydrogen) atoms. The summed E-state index contributed by atoms with van der Waals surface area (Å²) in [6, 6.07) is 5.44. The van der Waals surface area contributed by atoms with E-state index in [4.69, 9.17) is 15.6 Å². The highest BCUT2D eigenvalue weighted by molar-refractivity contribution is 7.13. The van der Waals surface area contributed by atoms with Crippen molar-refractivity contribution in [2.45, 2.75) is 18.9 Å².